The van der Waals surface area contributed by atoms with Crippen LogP contribution in [-0.4, -0.2) is 26.3 Å². The Morgan fingerprint density at radius 1 is 1.30 bits per heavy atom. The van der Waals surface area contributed by atoms with Crippen LogP contribution in [0.2, 0.25) is 0 Å². The third-order valence-electron chi connectivity index (χ3n) is 3.76. The standard InChI is InChI=1S/C13H15N5OS/c19-11(13-18-17-12(20-13)8-3-4-8)14-6-10-9(5-15-16-10)7-1-2-7/h5,7-8H,1-4,6H2,(H,14,19)(H,15,16). The molecule has 6 nitrogen and oxygen atoms in total. The van der Waals surface area contributed by atoms with E-state index < -0.39 is 0 Å². The highest BCUT2D eigenvalue weighted by molar-refractivity contribution is 7.13. The second kappa shape index (κ2) is 4.66. The number of nitrogens with zero attached hydrogens (tertiary/aromatic N) is 3. The van der Waals surface area contributed by atoms with Crippen LogP contribution in [-0.2, 0) is 6.54 Å². The fraction of sp³-hybridized carbons (Fsp3) is 0.538. The molecule has 2 aliphatic rings. The fourth-order valence-electron chi connectivity index (χ4n) is 2.28. The van der Waals surface area contributed by atoms with Gasteiger partial charge in [0.15, 0.2) is 0 Å². The van der Waals surface area contributed by atoms with Gasteiger partial charge in [-0.3, -0.25) is 9.89 Å². The van der Waals surface area contributed by atoms with Gasteiger partial charge < -0.3 is 5.32 Å². The lowest BCUT2D eigenvalue weighted by atomic mass is 10.1. The normalized spacial score (nSPS) is 18.2. The van der Waals surface area contributed by atoms with E-state index in [0.29, 0.717) is 23.4 Å². The number of carbonyl (C=O) groups excluding carboxylic acids is 1. The molecule has 0 atom stereocenters. The molecule has 7 heteroatoms. The van der Waals surface area contributed by atoms with Gasteiger partial charge in [0.05, 0.1) is 18.4 Å². The molecule has 0 spiro atoms. The highest BCUT2D eigenvalue weighted by Gasteiger charge is 2.29. The van der Waals surface area contributed by atoms with Gasteiger partial charge in [-0.2, -0.15) is 5.10 Å². The quantitative estimate of drug-likeness (QED) is 0.881. The van der Waals surface area contributed by atoms with Crippen molar-refractivity contribution in [1.29, 1.82) is 0 Å². The molecule has 0 saturated heterocycles. The van der Waals surface area contributed by atoms with Crippen LogP contribution < -0.4 is 5.32 Å². The first-order chi connectivity index (χ1) is 9.81. The van der Waals surface area contributed by atoms with E-state index in [0.717, 1.165) is 10.7 Å². The van der Waals surface area contributed by atoms with Gasteiger partial charge in [0.2, 0.25) is 5.01 Å². The molecule has 0 aromatic carbocycles. The first kappa shape index (κ1) is 12.0. The van der Waals surface area contributed by atoms with E-state index in [1.54, 1.807) is 0 Å². The third-order valence-corrected chi connectivity index (χ3v) is 4.84. The molecular formula is C13H15N5OS. The molecular weight excluding hydrogens is 274 g/mol. The van der Waals surface area contributed by atoms with Crippen LogP contribution >= 0.6 is 11.3 Å². The van der Waals surface area contributed by atoms with E-state index in [-0.39, 0.29) is 5.91 Å². The minimum atomic E-state index is -0.147. The molecule has 2 N–H and O–H groups in total. The second-order valence-electron chi connectivity index (χ2n) is 5.48. The lowest BCUT2D eigenvalue weighted by Gasteiger charge is -2.03. The number of rotatable bonds is 5. The number of H-pyrrole nitrogens is 1. The third kappa shape index (κ3) is 2.33. The van der Waals surface area contributed by atoms with Gasteiger partial charge in [-0.25, -0.2) is 0 Å². The number of amides is 1. The van der Waals surface area contributed by atoms with Crippen molar-refractivity contribution in [2.24, 2.45) is 0 Å². The first-order valence-electron chi connectivity index (χ1n) is 6.95. The summed E-state index contributed by atoms with van der Waals surface area (Å²) in [6.07, 6.45) is 6.67. The average molecular weight is 289 g/mol. The minimum Gasteiger partial charge on any atom is -0.344 e. The van der Waals surface area contributed by atoms with Crippen molar-refractivity contribution < 1.29 is 4.79 Å². The van der Waals surface area contributed by atoms with Crippen LogP contribution in [0, 0.1) is 0 Å². The van der Waals surface area contributed by atoms with Crippen molar-refractivity contribution in [2.45, 2.75) is 44.1 Å². The predicted molar refractivity (Wildman–Crippen MR) is 73.6 cm³/mol. The van der Waals surface area contributed by atoms with Crippen molar-refractivity contribution >= 4 is 17.2 Å². The second-order valence-corrected chi connectivity index (χ2v) is 6.49. The van der Waals surface area contributed by atoms with Gasteiger partial charge in [0.25, 0.3) is 5.91 Å². The summed E-state index contributed by atoms with van der Waals surface area (Å²) < 4.78 is 0. The zero-order valence-electron chi connectivity index (χ0n) is 10.9. The van der Waals surface area contributed by atoms with Crippen molar-refractivity contribution in [1.82, 2.24) is 25.7 Å². The topological polar surface area (TPSA) is 83.6 Å². The highest BCUT2D eigenvalue weighted by Crippen LogP contribution is 2.41. The molecule has 1 amide bonds. The van der Waals surface area contributed by atoms with Gasteiger partial charge in [0, 0.05) is 5.92 Å². The van der Waals surface area contributed by atoms with Gasteiger partial charge in [-0.05, 0) is 37.2 Å². The average Bonchev–Trinajstić information content (AvgIpc) is 3.39. The number of hydrogen-bond acceptors (Lipinski definition) is 5. The molecule has 2 aromatic heterocycles. The Labute approximate surface area is 120 Å². The summed E-state index contributed by atoms with van der Waals surface area (Å²) in [6.45, 7) is 0.475. The smallest absolute Gasteiger partial charge is 0.282 e. The summed E-state index contributed by atoms with van der Waals surface area (Å²) in [4.78, 5) is 12.1. The van der Waals surface area contributed by atoms with E-state index in [1.807, 2.05) is 6.20 Å². The van der Waals surface area contributed by atoms with Gasteiger partial charge in [-0.15, -0.1) is 10.2 Å². The summed E-state index contributed by atoms with van der Waals surface area (Å²) in [5.41, 5.74) is 2.24. The van der Waals surface area contributed by atoms with Gasteiger partial charge >= 0.3 is 0 Å². The summed E-state index contributed by atoms with van der Waals surface area (Å²) in [7, 11) is 0. The summed E-state index contributed by atoms with van der Waals surface area (Å²) in [6, 6.07) is 0. The fourth-order valence-corrected chi connectivity index (χ4v) is 3.20. The number of hydrogen-bond donors (Lipinski definition) is 2. The maximum Gasteiger partial charge on any atom is 0.282 e. The molecule has 2 aromatic rings. The molecule has 0 bridgehead atoms. The number of aromatic amines is 1. The summed E-state index contributed by atoms with van der Waals surface area (Å²) in [5.74, 6) is 1.03. The van der Waals surface area contributed by atoms with E-state index in [2.05, 4.69) is 25.7 Å². The molecule has 4 rings (SSSR count). The Bertz CT molecular complexity index is 641. The maximum atomic E-state index is 12.1. The Hall–Kier alpha value is -1.76. The molecule has 104 valence electrons. The van der Waals surface area contributed by atoms with Crippen LogP contribution in [0.5, 0.6) is 0 Å². The first-order valence-corrected chi connectivity index (χ1v) is 7.76. The molecule has 20 heavy (non-hydrogen) atoms. The van der Waals surface area contributed by atoms with Crippen molar-refractivity contribution in [3.63, 3.8) is 0 Å². The Morgan fingerprint density at radius 3 is 2.85 bits per heavy atom. The van der Waals surface area contributed by atoms with Crippen molar-refractivity contribution in [3.8, 4) is 0 Å². The van der Waals surface area contributed by atoms with Crippen LogP contribution in [0.4, 0.5) is 0 Å². The zero-order valence-corrected chi connectivity index (χ0v) is 11.7. The largest absolute Gasteiger partial charge is 0.344 e. The minimum absolute atomic E-state index is 0.147. The predicted octanol–water partition coefficient (Wildman–Crippen LogP) is 1.95. The summed E-state index contributed by atoms with van der Waals surface area (Å²) in [5, 5.41) is 19.5. The van der Waals surface area contributed by atoms with Crippen molar-refractivity contribution in [3.05, 3.63) is 27.5 Å². The van der Waals surface area contributed by atoms with Gasteiger partial charge in [-0.1, -0.05) is 11.3 Å². The molecule has 0 radical (unpaired) electrons. The molecule has 2 aliphatic carbocycles. The van der Waals surface area contributed by atoms with Gasteiger partial charge in [0.1, 0.15) is 5.01 Å². The Morgan fingerprint density at radius 2 is 2.10 bits per heavy atom. The summed E-state index contributed by atoms with van der Waals surface area (Å²) >= 11 is 1.41. The SMILES string of the molecule is O=C(NCc1[nH]ncc1C1CC1)c1nnc(C2CC2)s1. The van der Waals surface area contributed by atoms with Crippen LogP contribution in [0.1, 0.15) is 63.6 Å². The zero-order chi connectivity index (χ0) is 13.5. The monoisotopic (exact) mass is 289 g/mol. The number of carbonyl (C=O) groups is 1. The number of aromatic nitrogens is 4. The Kier molecular flexibility index (Phi) is 2.80. The molecule has 2 heterocycles. The number of nitrogens with one attached hydrogen (secondary N) is 2. The van der Waals surface area contributed by atoms with E-state index in [1.165, 1.54) is 42.6 Å². The lowest BCUT2D eigenvalue weighted by Crippen LogP contribution is -2.23. The van der Waals surface area contributed by atoms with E-state index in [4.69, 9.17) is 0 Å². The van der Waals surface area contributed by atoms with Crippen LogP contribution in [0.15, 0.2) is 6.20 Å². The molecule has 2 fully saturated rings. The van der Waals surface area contributed by atoms with E-state index >= 15 is 0 Å². The molecule has 0 aliphatic heterocycles. The van der Waals surface area contributed by atoms with E-state index in [9.17, 15) is 4.79 Å². The van der Waals surface area contributed by atoms with Crippen LogP contribution in [0.25, 0.3) is 0 Å². The lowest BCUT2D eigenvalue weighted by molar-refractivity contribution is 0.0949. The Balaban J connectivity index is 1.40. The van der Waals surface area contributed by atoms with Crippen LogP contribution in [0.3, 0.4) is 0 Å². The maximum absolute atomic E-state index is 12.1. The molecule has 0 unspecified atom stereocenters. The molecule has 2 saturated carbocycles. The highest BCUT2D eigenvalue weighted by atomic mass is 32.1. The van der Waals surface area contributed by atoms with Crippen molar-refractivity contribution in [2.75, 3.05) is 0 Å².